The number of nitrogens with zero attached hydrogens (tertiary/aromatic N) is 1. The van der Waals surface area contributed by atoms with E-state index in [9.17, 15) is 14.4 Å². The lowest BCUT2D eigenvalue weighted by molar-refractivity contribution is -0.131. The van der Waals surface area contributed by atoms with Crippen LogP contribution < -0.4 is 5.32 Å². The van der Waals surface area contributed by atoms with Gasteiger partial charge in [-0.25, -0.2) is 4.79 Å². The Hall–Kier alpha value is -2.51. The van der Waals surface area contributed by atoms with Crippen LogP contribution in [0.2, 0.25) is 10.0 Å². The van der Waals surface area contributed by atoms with E-state index in [4.69, 9.17) is 32.4 Å². The van der Waals surface area contributed by atoms with Gasteiger partial charge in [-0.05, 0) is 30.3 Å². The van der Waals surface area contributed by atoms with Crippen LogP contribution >= 0.6 is 23.2 Å². The predicted molar refractivity (Wildman–Crippen MR) is 96.2 cm³/mol. The van der Waals surface area contributed by atoms with Crippen LogP contribution in [0.25, 0.3) is 11.3 Å². The molecule has 9 heteroatoms. The van der Waals surface area contributed by atoms with Crippen LogP contribution in [0.1, 0.15) is 10.6 Å². The van der Waals surface area contributed by atoms with Gasteiger partial charge in [-0.3, -0.25) is 9.59 Å². The Morgan fingerprint density at radius 1 is 1.15 bits per heavy atom. The third-order valence-electron chi connectivity index (χ3n) is 3.27. The van der Waals surface area contributed by atoms with Crippen molar-refractivity contribution in [1.82, 2.24) is 10.2 Å². The number of hydrogen-bond donors (Lipinski definition) is 1. The van der Waals surface area contributed by atoms with E-state index in [1.54, 1.807) is 38.4 Å². The molecule has 0 fully saturated rings. The summed E-state index contributed by atoms with van der Waals surface area (Å²) in [5, 5.41) is 3.22. The fraction of sp³-hybridized carbons (Fsp3) is 0.235. The maximum atomic E-state index is 12.0. The maximum absolute atomic E-state index is 12.0. The van der Waals surface area contributed by atoms with Crippen molar-refractivity contribution >= 4 is 41.0 Å². The van der Waals surface area contributed by atoms with E-state index in [1.807, 2.05) is 0 Å². The number of carbonyl (C=O) groups is 3. The molecule has 2 aromatic rings. The second-order valence-electron chi connectivity index (χ2n) is 5.43. The second-order valence-corrected chi connectivity index (χ2v) is 6.27. The minimum absolute atomic E-state index is 0.0896. The first-order valence-corrected chi connectivity index (χ1v) is 8.22. The van der Waals surface area contributed by atoms with E-state index < -0.39 is 18.5 Å². The zero-order valence-electron chi connectivity index (χ0n) is 14.0. The van der Waals surface area contributed by atoms with Crippen molar-refractivity contribution in [2.24, 2.45) is 0 Å². The Morgan fingerprint density at radius 3 is 2.58 bits per heavy atom. The van der Waals surface area contributed by atoms with Crippen molar-refractivity contribution in [3.63, 3.8) is 0 Å². The number of furan rings is 1. The first-order chi connectivity index (χ1) is 12.3. The number of carbonyl (C=O) groups excluding carboxylic acids is 3. The van der Waals surface area contributed by atoms with Crippen LogP contribution in [-0.2, 0) is 14.3 Å². The average molecular weight is 399 g/mol. The largest absolute Gasteiger partial charge is 0.450 e. The number of rotatable bonds is 6. The van der Waals surface area contributed by atoms with Crippen molar-refractivity contribution in [3.05, 3.63) is 46.1 Å². The van der Waals surface area contributed by atoms with E-state index in [-0.39, 0.29) is 18.2 Å². The van der Waals surface area contributed by atoms with Crippen molar-refractivity contribution in [1.29, 1.82) is 0 Å². The van der Waals surface area contributed by atoms with Gasteiger partial charge in [0, 0.05) is 24.7 Å². The number of benzene rings is 1. The fourth-order valence-electron chi connectivity index (χ4n) is 1.86. The molecule has 0 aliphatic rings. The lowest BCUT2D eigenvalue weighted by Crippen LogP contribution is -2.38. The Labute approximate surface area is 159 Å². The first-order valence-electron chi connectivity index (χ1n) is 7.47. The maximum Gasteiger partial charge on any atom is 0.374 e. The molecule has 0 spiro atoms. The van der Waals surface area contributed by atoms with E-state index in [2.05, 4.69) is 5.32 Å². The molecule has 1 aromatic heterocycles. The molecule has 2 rings (SSSR count). The molecule has 26 heavy (non-hydrogen) atoms. The summed E-state index contributed by atoms with van der Waals surface area (Å²) < 4.78 is 10.3. The van der Waals surface area contributed by atoms with Gasteiger partial charge in [-0.1, -0.05) is 23.2 Å². The molecule has 0 unspecified atom stereocenters. The molecule has 0 bridgehead atoms. The molecular weight excluding hydrogens is 383 g/mol. The highest BCUT2D eigenvalue weighted by molar-refractivity contribution is 6.35. The monoisotopic (exact) mass is 398 g/mol. The molecule has 1 heterocycles. The minimum Gasteiger partial charge on any atom is -0.450 e. The molecule has 0 saturated carbocycles. The smallest absolute Gasteiger partial charge is 0.374 e. The van der Waals surface area contributed by atoms with Crippen molar-refractivity contribution in [2.75, 3.05) is 27.2 Å². The van der Waals surface area contributed by atoms with E-state index in [0.717, 1.165) is 0 Å². The van der Waals surface area contributed by atoms with Gasteiger partial charge < -0.3 is 19.4 Å². The molecule has 1 aromatic carbocycles. The standard InChI is InChI=1S/C17H16Cl2N2O5/c1-21(2)16(23)8-20-15(22)9-25-17(24)14-6-5-13(26-14)11-7-10(18)3-4-12(11)19/h3-7H,8-9H2,1-2H3,(H,20,22). The number of hydrogen-bond acceptors (Lipinski definition) is 5. The molecule has 0 aliphatic carbocycles. The summed E-state index contributed by atoms with van der Waals surface area (Å²) in [7, 11) is 3.13. The average Bonchev–Trinajstić information content (AvgIpc) is 3.09. The summed E-state index contributed by atoms with van der Waals surface area (Å²) in [5.74, 6) is -1.45. The number of likely N-dealkylation sites (N-methyl/N-ethyl adjacent to an activating group) is 1. The molecule has 0 radical (unpaired) electrons. The van der Waals surface area contributed by atoms with Crippen LogP contribution in [0.5, 0.6) is 0 Å². The number of esters is 1. The second kappa shape index (κ2) is 8.73. The highest BCUT2D eigenvalue weighted by Crippen LogP contribution is 2.31. The normalized spacial score (nSPS) is 10.3. The van der Waals surface area contributed by atoms with E-state index in [1.165, 1.54) is 11.0 Å². The van der Waals surface area contributed by atoms with Crippen molar-refractivity contribution < 1.29 is 23.5 Å². The van der Waals surface area contributed by atoms with Gasteiger partial charge in [-0.2, -0.15) is 0 Å². The zero-order valence-corrected chi connectivity index (χ0v) is 15.6. The minimum atomic E-state index is -0.816. The van der Waals surface area contributed by atoms with Crippen LogP contribution in [0, 0.1) is 0 Å². The Kier molecular flexibility index (Phi) is 6.65. The number of amides is 2. The van der Waals surface area contributed by atoms with E-state index >= 15 is 0 Å². The molecule has 2 amide bonds. The lowest BCUT2D eigenvalue weighted by Gasteiger charge is -2.10. The van der Waals surface area contributed by atoms with E-state index in [0.29, 0.717) is 21.4 Å². The van der Waals surface area contributed by atoms with Crippen molar-refractivity contribution in [3.8, 4) is 11.3 Å². The Bertz CT molecular complexity index is 832. The first kappa shape index (κ1) is 19.8. The summed E-state index contributed by atoms with van der Waals surface area (Å²) in [6.07, 6.45) is 0. The van der Waals surface area contributed by atoms with Crippen LogP contribution in [-0.4, -0.2) is 49.9 Å². The van der Waals surface area contributed by atoms with Gasteiger partial charge in [0.25, 0.3) is 5.91 Å². The van der Waals surface area contributed by atoms with Gasteiger partial charge in [0.1, 0.15) is 5.76 Å². The molecule has 0 aliphatic heterocycles. The molecule has 138 valence electrons. The SMILES string of the molecule is CN(C)C(=O)CNC(=O)COC(=O)c1ccc(-c2cc(Cl)ccc2Cl)o1. The van der Waals surface area contributed by atoms with Gasteiger partial charge >= 0.3 is 5.97 Å². The molecular formula is C17H16Cl2N2O5. The summed E-state index contributed by atoms with van der Waals surface area (Å²) >= 11 is 12.0. The highest BCUT2D eigenvalue weighted by Gasteiger charge is 2.17. The van der Waals surface area contributed by atoms with Gasteiger partial charge in [-0.15, -0.1) is 0 Å². The van der Waals surface area contributed by atoms with Crippen LogP contribution in [0.15, 0.2) is 34.7 Å². The highest BCUT2D eigenvalue weighted by atomic mass is 35.5. The molecule has 0 saturated heterocycles. The topological polar surface area (TPSA) is 88.9 Å². The van der Waals surface area contributed by atoms with Gasteiger partial charge in [0.15, 0.2) is 6.61 Å². The summed E-state index contributed by atoms with van der Waals surface area (Å²) in [4.78, 5) is 36.2. The third kappa shape index (κ3) is 5.24. The Balaban J connectivity index is 1.93. The quantitative estimate of drug-likeness (QED) is 0.755. The van der Waals surface area contributed by atoms with Gasteiger partial charge in [0.2, 0.25) is 11.7 Å². The molecule has 1 N–H and O–H groups in total. The van der Waals surface area contributed by atoms with Crippen LogP contribution in [0.3, 0.4) is 0 Å². The summed E-state index contributed by atoms with van der Waals surface area (Å²) in [6, 6.07) is 7.80. The van der Waals surface area contributed by atoms with Gasteiger partial charge in [0.05, 0.1) is 11.6 Å². The number of halogens is 2. The summed E-state index contributed by atoms with van der Waals surface area (Å²) in [5.41, 5.74) is 0.526. The molecule has 0 atom stereocenters. The van der Waals surface area contributed by atoms with Crippen LogP contribution in [0.4, 0.5) is 0 Å². The zero-order chi connectivity index (χ0) is 19.3. The lowest BCUT2D eigenvalue weighted by atomic mass is 10.2. The summed E-state index contributed by atoms with van der Waals surface area (Å²) in [6.45, 7) is -0.713. The molecule has 7 nitrogen and oxygen atoms in total. The fourth-order valence-corrected chi connectivity index (χ4v) is 2.25. The van der Waals surface area contributed by atoms with Crippen molar-refractivity contribution in [2.45, 2.75) is 0 Å². The number of nitrogens with one attached hydrogen (secondary N) is 1. The Morgan fingerprint density at radius 2 is 1.88 bits per heavy atom. The number of ether oxygens (including phenoxy) is 1. The third-order valence-corrected chi connectivity index (χ3v) is 3.84. The predicted octanol–water partition coefficient (Wildman–Crippen LogP) is 2.61.